The molecule has 0 bridgehead atoms. The highest BCUT2D eigenvalue weighted by Gasteiger charge is 2.29. The molecule has 1 fully saturated rings. The normalized spacial score (nSPS) is 15.6. The second kappa shape index (κ2) is 11.8. The number of thiophene rings is 1. The lowest BCUT2D eigenvalue weighted by Gasteiger charge is -2.23. The third-order valence-corrected chi connectivity index (χ3v) is 6.72. The molecule has 2 aromatic rings. The average Bonchev–Trinajstić information content (AvgIpc) is 3.51. The van der Waals surface area contributed by atoms with E-state index in [1.807, 2.05) is 43.5 Å². The van der Waals surface area contributed by atoms with Crippen molar-refractivity contribution < 1.29 is 19.2 Å². The Hall–Kier alpha value is -3.20. The van der Waals surface area contributed by atoms with Crippen LogP contribution in [0.25, 0.3) is 0 Å². The minimum absolute atomic E-state index is 0.00371. The molecule has 3 rings (SSSR count). The molecule has 3 atom stereocenters. The van der Waals surface area contributed by atoms with Crippen molar-refractivity contribution in [3.05, 3.63) is 52.2 Å². The van der Waals surface area contributed by atoms with E-state index in [4.69, 9.17) is 5.73 Å². The predicted octanol–water partition coefficient (Wildman–Crippen LogP) is 2.84. The molecule has 1 saturated carbocycles. The smallest absolute Gasteiger partial charge is 0.252 e. The summed E-state index contributed by atoms with van der Waals surface area (Å²) in [4.78, 5) is 49.2. The van der Waals surface area contributed by atoms with Gasteiger partial charge in [-0.05, 0) is 54.3 Å². The minimum Gasteiger partial charge on any atom is -0.368 e. The fraction of sp³-hybridized carbons (Fsp3) is 0.440. The van der Waals surface area contributed by atoms with Gasteiger partial charge in [0.2, 0.25) is 17.7 Å². The molecular weight excluding hydrogens is 452 g/mol. The van der Waals surface area contributed by atoms with E-state index in [9.17, 15) is 19.2 Å². The van der Waals surface area contributed by atoms with E-state index >= 15 is 0 Å². The summed E-state index contributed by atoms with van der Waals surface area (Å²) in [6.07, 6.45) is 2.97. The summed E-state index contributed by atoms with van der Waals surface area (Å²) in [6.45, 7) is 3.78. The number of nitrogens with one attached hydrogen (secondary N) is 3. The highest BCUT2D eigenvalue weighted by Crippen LogP contribution is 2.30. The summed E-state index contributed by atoms with van der Waals surface area (Å²) in [5.41, 5.74) is 7.63. The Morgan fingerprint density at radius 1 is 1.09 bits per heavy atom. The molecule has 1 aliphatic rings. The van der Waals surface area contributed by atoms with Gasteiger partial charge in [-0.3, -0.25) is 19.2 Å². The van der Waals surface area contributed by atoms with Crippen molar-refractivity contribution in [3.8, 4) is 0 Å². The first-order valence-electron chi connectivity index (χ1n) is 11.6. The third-order valence-electron chi connectivity index (χ3n) is 6.04. The maximum atomic E-state index is 12.8. The molecule has 5 N–H and O–H groups in total. The highest BCUT2D eigenvalue weighted by molar-refractivity contribution is 7.08. The maximum absolute atomic E-state index is 12.8. The number of carbonyl (C=O) groups excluding carboxylic acids is 4. The van der Waals surface area contributed by atoms with Crippen molar-refractivity contribution in [2.75, 3.05) is 5.32 Å². The van der Waals surface area contributed by atoms with Crippen molar-refractivity contribution in [2.45, 2.75) is 58.0 Å². The molecular formula is C25H32N4O4S. The molecule has 182 valence electrons. The Bertz CT molecular complexity index is 1000. The molecule has 8 nitrogen and oxygen atoms in total. The molecule has 0 aliphatic heterocycles. The highest BCUT2D eigenvalue weighted by atomic mass is 32.1. The second-order valence-corrected chi connectivity index (χ2v) is 9.66. The largest absolute Gasteiger partial charge is 0.368 e. The Labute approximate surface area is 203 Å². The lowest BCUT2D eigenvalue weighted by Crippen LogP contribution is -2.50. The summed E-state index contributed by atoms with van der Waals surface area (Å²) in [7, 11) is 0. The van der Waals surface area contributed by atoms with Crippen molar-refractivity contribution in [3.63, 3.8) is 0 Å². The maximum Gasteiger partial charge on any atom is 0.252 e. The molecule has 0 spiro atoms. The van der Waals surface area contributed by atoms with Crippen molar-refractivity contribution in [2.24, 2.45) is 17.6 Å². The number of hydrogen-bond donors (Lipinski definition) is 4. The first-order valence-corrected chi connectivity index (χ1v) is 12.5. The van der Waals surface area contributed by atoms with Gasteiger partial charge in [0.05, 0.1) is 0 Å². The van der Waals surface area contributed by atoms with E-state index in [0.29, 0.717) is 18.4 Å². The molecule has 1 heterocycles. The van der Waals surface area contributed by atoms with Gasteiger partial charge in [-0.2, -0.15) is 11.3 Å². The van der Waals surface area contributed by atoms with Crippen LogP contribution >= 0.6 is 11.3 Å². The van der Waals surface area contributed by atoms with Crippen LogP contribution in [0.15, 0.2) is 41.1 Å². The Kier molecular flexibility index (Phi) is 8.81. The Morgan fingerprint density at radius 2 is 1.79 bits per heavy atom. The van der Waals surface area contributed by atoms with E-state index < -0.39 is 18.0 Å². The van der Waals surface area contributed by atoms with Crippen molar-refractivity contribution in [1.29, 1.82) is 0 Å². The van der Waals surface area contributed by atoms with Crippen LogP contribution in [-0.2, 0) is 20.8 Å². The Balaban J connectivity index is 1.67. The Morgan fingerprint density at radius 3 is 2.35 bits per heavy atom. The second-order valence-electron chi connectivity index (χ2n) is 8.88. The van der Waals surface area contributed by atoms with Crippen LogP contribution in [0.4, 0.5) is 5.69 Å². The van der Waals surface area contributed by atoms with E-state index in [1.54, 1.807) is 11.4 Å². The first kappa shape index (κ1) is 25.4. The van der Waals surface area contributed by atoms with Gasteiger partial charge < -0.3 is 21.7 Å². The monoisotopic (exact) mass is 484 g/mol. The first-order chi connectivity index (χ1) is 16.3. The zero-order chi connectivity index (χ0) is 24.7. The van der Waals surface area contributed by atoms with Crippen molar-refractivity contribution >= 4 is 40.7 Å². The van der Waals surface area contributed by atoms with Gasteiger partial charge in [-0.1, -0.05) is 32.4 Å². The van der Waals surface area contributed by atoms with Crippen LogP contribution in [0, 0.1) is 11.8 Å². The van der Waals surface area contributed by atoms with Crippen LogP contribution in [0.5, 0.6) is 0 Å². The van der Waals surface area contributed by atoms with Gasteiger partial charge >= 0.3 is 0 Å². The molecule has 9 heteroatoms. The van der Waals surface area contributed by atoms with Crippen LogP contribution in [0.3, 0.4) is 0 Å². The summed E-state index contributed by atoms with van der Waals surface area (Å²) in [5.74, 6) is -1.14. The third kappa shape index (κ3) is 7.41. The van der Waals surface area contributed by atoms with E-state index in [1.165, 1.54) is 11.3 Å². The van der Waals surface area contributed by atoms with Gasteiger partial charge in [-0.15, -0.1) is 0 Å². The lowest BCUT2D eigenvalue weighted by molar-refractivity contribution is -0.128. The fourth-order valence-corrected chi connectivity index (χ4v) is 4.26. The number of rotatable bonds is 12. The molecule has 1 aromatic heterocycles. The zero-order valence-electron chi connectivity index (χ0n) is 19.5. The van der Waals surface area contributed by atoms with Gasteiger partial charge in [0.1, 0.15) is 6.04 Å². The number of amides is 4. The molecule has 0 radical (unpaired) electrons. The fourth-order valence-electron chi connectivity index (χ4n) is 3.62. The molecule has 1 unspecified atom stereocenters. The summed E-state index contributed by atoms with van der Waals surface area (Å²) < 4.78 is 0. The predicted molar refractivity (Wildman–Crippen MR) is 132 cm³/mol. The van der Waals surface area contributed by atoms with E-state index in [0.717, 1.165) is 24.1 Å². The van der Waals surface area contributed by atoms with Crippen molar-refractivity contribution in [1.82, 2.24) is 10.6 Å². The van der Waals surface area contributed by atoms with Gasteiger partial charge in [0.25, 0.3) is 5.91 Å². The molecule has 1 aromatic carbocycles. The molecule has 0 saturated heterocycles. The topological polar surface area (TPSA) is 130 Å². The standard InChI is InChI=1S/C25H32N4O4S/c1-3-15(2)22(23(26)31)29-21(30)13-20(28-25(33)18-10-11-34-14-18)12-16-4-8-19(9-5-16)27-24(32)17-6-7-17/h4-5,8-11,14-15,17,20,22H,3,6-7,12-13H2,1-2H3,(H2,26,31)(H,27,32)(H,28,33)(H,29,30)/t15?,20-,22-/m0/s1. The SMILES string of the molecule is CCC(C)[C@H](NC(=O)C[C@H](Cc1ccc(NC(=O)C2CC2)cc1)NC(=O)c1ccsc1)C(N)=O. The lowest BCUT2D eigenvalue weighted by atomic mass is 9.97. The van der Waals surface area contributed by atoms with Crippen LogP contribution < -0.4 is 21.7 Å². The summed E-state index contributed by atoms with van der Waals surface area (Å²) in [5, 5.41) is 12.1. The van der Waals surface area contributed by atoms with Crippen LogP contribution in [-0.4, -0.2) is 35.7 Å². The van der Waals surface area contributed by atoms with Gasteiger partial charge in [0, 0.05) is 35.0 Å². The number of carbonyl (C=O) groups is 4. The number of benzene rings is 1. The number of anilines is 1. The van der Waals surface area contributed by atoms with Crippen LogP contribution in [0.1, 0.15) is 55.5 Å². The number of nitrogens with two attached hydrogens (primary N) is 1. The van der Waals surface area contributed by atoms with Gasteiger partial charge in [0.15, 0.2) is 0 Å². The quantitative estimate of drug-likeness (QED) is 0.369. The van der Waals surface area contributed by atoms with Gasteiger partial charge in [-0.25, -0.2) is 0 Å². The van der Waals surface area contributed by atoms with E-state index in [2.05, 4.69) is 16.0 Å². The summed E-state index contributed by atoms with van der Waals surface area (Å²) >= 11 is 1.42. The summed E-state index contributed by atoms with van der Waals surface area (Å²) in [6, 6.07) is 7.84. The average molecular weight is 485 g/mol. The number of primary amides is 1. The zero-order valence-corrected chi connectivity index (χ0v) is 20.3. The van der Waals surface area contributed by atoms with Crippen LogP contribution in [0.2, 0.25) is 0 Å². The van der Waals surface area contributed by atoms with E-state index in [-0.39, 0.29) is 36.0 Å². The molecule has 1 aliphatic carbocycles. The molecule has 4 amide bonds. The number of hydrogen-bond acceptors (Lipinski definition) is 5. The molecule has 34 heavy (non-hydrogen) atoms. The minimum atomic E-state index is -0.764.